The Bertz CT molecular complexity index is 439. The lowest BCUT2D eigenvalue weighted by Gasteiger charge is -2.42. The SMILES string of the molecule is COc1ccc(C2(O)CCOC(C)(C)C2)c(C)c1. The molecule has 1 aromatic rings. The molecular formula is C15H22O3. The number of methoxy groups -OCH3 is 1. The lowest BCUT2D eigenvalue weighted by atomic mass is 9.78. The van der Waals surface area contributed by atoms with Crippen molar-refractivity contribution in [3.63, 3.8) is 0 Å². The zero-order chi connectivity index (χ0) is 13.4. The van der Waals surface area contributed by atoms with Crippen molar-refractivity contribution < 1.29 is 14.6 Å². The van der Waals surface area contributed by atoms with Crippen molar-refractivity contribution in [1.29, 1.82) is 0 Å². The van der Waals surface area contributed by atoms with Crippen molar-refractivity contribution in [3.05, 3.63) is 29.3 Å². The fourth-order valence-electron chi connectivity index (χ4n) is 2.86. The molecule has 0 radical (unpaired) electrons. The number of aliphatic hydroxyl groups is 1. The fourth-order valence-corrected chi connectivity index (χ4v) is 2.86. The average Bonchev–Trinajstić information content (AvgIpc) is 2.26. The second-order valence-corrected chi connectivity index (χ2v) is 5.75. The van der Waals surface area contributed by atoms with Crippen molar-refractivity contribution in [3.8, 4) is 5.75 Å². The van der Waals surface area contributed by atoms with Gasteiger partial charge in [-0.25, -0.2) is 0 Å². The first-order valence-corrected chi connectivity index (χ1v) is 6.38. The van der Waals surface area contributed by atoms with Gasteiger partial charge in [0.1, 0.15) is 5.75 Å². The van der Waals surface area contributed by atoms with Crippen LogP contribution in [-0.2, 0) is 10.3 Å². The molecule has 1 atom stereocenters. The van der Waals surface area contributed by atoms with Crippen LogP contribution in [0.2, 0.25) is 0 Å². The molecule has 3 heteroatoms. The molecule has 1 fully saturated rings. The molecule has 1 N–H and O–H groups in total. The summed E-state index contributed by atoms with van der Waals surface area (Å²) in [5, 5.41) is 10.9. The Morgan fingerprint density at radius 3 is 2.61 bits per heavy atom. The summed E-state index contributed by atoms with van der Waals surface area (Å²) in [6.07, 6.45) is 1.26. The number of ether oxygens (including phenoxy) is 2. The highest BCUT2D eigenvalue weighted by atomic mass is 16.5. The molecule has 0 spiro atoms. The lowest BCUT2D eigenvalue weighted by Crippen LogP contribution is -2.44. The van der Waals surface area contributed by atoms with Gasteiger partial charge in [0.25, 0.3) is 0 Å². The maximum absolute atomic E-state index is 10.9. The number of hydrogen-bond acceptors (Lipinski definition) is 3. The summed E-state index contributed by atoms with van der Waals surface area (Å²) in [7, 11) is 1.65. The molecule has 1 aliphatic heterocycles. The Morgan fingerprint density at radius 2 is 2.06 bits per heavy atom. The van der Waals surface area contributed by atoms with E-state index in [1.165, 1.54) is 0 Å². The van der Waals surface area contributed by atoms with Crippen LogP contribution in [0.25, 0.3) is 0 Å². The predicted octanol–water partition coefficient (Wildman–Crippen LogP) is 2.78. The molecule has 0 bridgehead atoms. The smallest absolute Gasteiger partial charge is 0.119 e. The molecule has 1 unspecified atom stereocenters. The van der Waals surface area contributed by atoms with Crippen LogP contribution >= 0.6 is 0 Å². The van der Waals surface area contributed by atoms with Gasteiger partial charge in [-0.05, 0) is 44.0 Å². The predicted molar refractivity (Wildman–Crippen MR) is 70.9 cm³/mol. The monoisotopic (exact) mass is 250 g/mol. The summed E-state index contributed by atoms with van der Waals surface area (Å²) in [5.41, 5.74) is 0.978. The summed E-state index contributed by atoms with van der Waals surface area (Å²) in [5.74, 6) is 0.825. The number of benzene rings is 1. The van der Waals surface area contributed by atoms with Gasteiger partial charge in [0.15, 0.2) is 0 Å². The van der Waals surface area contributed by atoms with E-state index in [0.29, 0.717) is 19.4 Å². The second-order valence-electron chi connectivity index (χ2n) is 5.75. The number of aryl methyl sites for hydroxylation is 1. The maximum Gasteiger partial charge on any atom is 0.119 e. The van der Waals surface area contributed by atoms with Crippen molar-refractivity contribution in [1.82, 2.24) is 0 Å². The molecule has 0 amide bonds. The highest BCUT2D eigenvalue weighted by Gasteiger charge is 2.41. The summed E-state index contributed by atoms with van der Waals surface area (Å²) >= 11 is 0. The second kappa shape index (κ2) is 4.56. The Labute approximate surface area is 109 Å². The molecule has 1 aromatic carbocycles. The van der Waals surface area contributed by atoms with E-state index >= 15 is 0 Å². The van der Waals surface area contributed by atoms with Crippen molar-refractivity contribution in [2.24, 2.45) is 0 Å². The zero-order valence-corrected chi connectivity index (χ0v) is 11.6. The summed E-state index contributed by atoms with van der Waals surface area (Å²) < 4.78 is 10.9. The lowest BCUT2D eigenvalue weighted by molar-refractivity contribution is -0.148. The third-order valence-corrected chi connectivity index (χ3v) is 3.66. The Balaban J connectivity index is 2.35. The molecular weight excluding hydrogens is 228 g/mol. The third kappa shape index (κ3) is 2.52. The molecule has 0 aromatic heterocycles. The van der Waals surface area contributed by atoms with Crippen LogP contribution in [-0.4, -0.2) is 24.4 Å². The highest BCUT2D eigenvalue weighted by molar-refractivity contribution is 5.38. The molecule has 1 aliphatic rings. The minimum atomic E-state index is -0.794. The van der Waals surface area contributed by atoms with Gasteiger partial charge in [-0.1, -0.05) is 6.07 Å². The van der Waals surface area contributed by atoms with Gasteiger partial charge in [-0.15, -0.1) is 0 Å². The van der Waals surface area contributed by atoms with Gasteiger partial charge < -0.3 is 14.6 Å². The average molecular weight is 250 g/mol. The largest absolute Gasteiger partial charge is 0.497 e. The maximum atomic E-state index is 10.9. The van der Waals surface area contributed by atoms with Crippen molar-refractivity contribution in [2.45, 2.75) is 44.8 Å². The van der Waals surface area contributed by atoms with E-state index in [-0.39, 0.29) is 5.60 Å². The molecule has 18 heavy (non-hydrogen) atoms. The van der Waals surface area contributed by atoms with Gasteiger partial charge in [-0.2, -0.15) is 0 Å². The Morgan fingerprint density at radius 1 is 1.33 bits per heavy atom. The van der Waals surface area contributed by atoms with E-state index in [1.54, 1.807) is 7.11 Å². The number of hydrogen-bond donors (Lipinski definition) is 1. The summed E-state index contributed by atoms with van der Waals surface area (Å²) in [4.78, 5) is 0. The first-order chi connectivity index (χ1) is 8.36. The van der Waals surface area contributed by atoms with Gasteiger partial charge in [0, 0.05) is 12.8 Å². The normalized spacial score (nSPS) is 26.9. The van der Waals surface area contributed by atoms with Crippen LogP contribution in [0.1, 0.15) is 37.8 Å². The third-order valence-electron chi connectivity index (χ3n) is 3.66. The minimum absolute atomic E-state index is 0.278. The zero-order valence-electron chi connectivity index (χ0n) is 11.6. The van der Waals surface area contributed by atoms with Gasteiger partial charge >= 0.3 is 0 Å². The first kappa shape index (κ1) is 13.4. The van der Waals surface area contributed by atoms with E-state index < -0.39 is 5.60 Å². The van der Waals surface area contributed by atoms with E-state index in [2.05, 4.69) is 0 Å². The van der Waals surface area contributed by atoms with Crippen molar-refractivity contribution in [2.75, 3.05) is 13.7 Å². The molecule has 0 aliphatic carbocycles. The molecule has 0 saturated carbocycles. The van der Waals surface area contributed by atoms with Crippen LogP contribution in [0, 0.1) is 6.92 Å². The number of rotatable bonds is 2. The summed E-state index contributed by atoms with van der Waals surface area (Å²) in [6, 6.07) is 5.84. The fraction of sp³-hybridized carbons (Fsp3) is 0.600. The van der Waals surface area contributed by atoms with Gasteiger partial charge in [0.05, 0.1) is 24.9 Å². The minimum Gasteiger partial charge on any atom is -0.497 e. The first-order valence-electron chi connectivity index (χ1n) is 6.38. The highest BCUT2D eigenvalue weighted by Crippen LogP contribution is 2.41. The van der Waals surface area contributed by atoms with E-state index in [0.717, 1.165) is 16.9 Å². The molecule has 2 rings (SSSR count). The van der Waals surface area contributed by atoms with E-state index in [1.807, 2.05) is 39.0 Å². The van der Waals surface area contributed by atoms with E-state index in [4.69, 9.17) is 9.47 Å². The molecule has 100 valence electrons. The van der Waals surface area contributed by atoms with Crippen LogP contribution < -0.4 is 4.74 Å². The van der Waals surface area contributed by atoms with Crippen LogP contribution in [0.5, 0.6) is 5.75 Å². The van der Waals surface area contributed by atoms with Crippen LogP contribution in [0.3, 0.4) is 0 Å². The van der Waals surface area contributed by atoms with Crippen LogP contribution in [0.4, 0.5) is 0 Å². The van der Waals surface area contributed by atoms with Crippen LogP contribution in [0.15, 0.2) is 18.2 Å². The summed E-state index contributed by atoms with van der Waals surface area (Å²) in [6.45, 7) is 6.65. The topological polar surface area (TPSA) is 38.7 Å². The standard InChI is InChI=1S/C15H22O3/c1-11-9-12(17-4)5-6-13(11)15(16)7-8-18-14(2,3)10-15/h5-6,9,16H,7-8,10H2,1-4H3. The van der Waals surface area contributed by atoms with Gasteiger partial charge in [0.2, 0.25) is 0 Å². The van der Waals surface area contributed by atoms with E-state index in [9.17, 15) is 5.11 Å². The van der Waals surface area contributed by atoms with Gasteiger partial charge in [-0.3, -0.25) is 0 Å². The Kier molecular flexibility index (Phi) is 3.39. The molecule has 3 nitrogen and oxygen atoms in total. The molecule has 1 saturated heterocycles. The van der Waals surface area contributed by atoms with Crippen molar-refractivity contribution >= 4 is 0 Å². The Hall–Kier alpha value is -1.06. The molecule has 1 heterocycles. The quantitative estimate of drug-likeness (QED) is 0.877.